The summed E-state index contributed by atoms with van der Waals surface area (Å²) < 4.78 is 14.0. The van der Waals surface area contributed by atoms with Crippen molar-refractivity contribution in [2.45, 2.75) is 45.8 Å². The standard InChI is InChI=1S/C21H24BrNO4/c1-14-10-19(15(2)23(14)12-18-4-3-9-26-18)20(24)13-27-21(25)11-16-5-7-17(22)8-6-16/h5-8,10,18H,3-4,9,11-13H2,1-2H3/t18-/m0/s1. The molecule has 0 N–H and O–H groups in total. The molecule has 1 aliphatic heterocycles. The molecule has 0 bridgehead atoms. The second-order valence-electron chi connectivity index (χ2n) is 6.92. The van der Waals surface area contributed by atoms with Gasteiger partial charge < -0.3 is 14.0 Å². The van der Waals surface area contributed by atoms with Crippen molar-refractivity contribution in [3.63, 3.8) is 0 Å². The topological polar surface area (TPSA) is 57.5 Å². The third kappa shape index (κ3) is 5.08. The lowest BCUT2D eigenvalue weighted by molar-refractivity contribution is -0.141. The number of benzene rings is 1. The minimum absolute atomic E-state index is 0.151. The number of carbonyl (C=O) groups excluding carboxylic acids is 2. The van der Waals surface area contributed by atoms with Gasteiger partial charge in [0.15, 0.2) is 6.61 Å². The number of halogens is 1. The molecule has 1 saturated heterocycles. The second kappa shape index (κ2) is 8.85. The van der Waals surface area contributed by atoms with Gasteiger partial charge >= 0.3 is 5.97 Å². The van der Waals surface area contributed by atoms with E-state index in [9.17, 15) is 9.59 Å². The summed E-state index contributed by atoms with van der Waals surface area (Å²) in [5.41, 5.74) is 3.39. The van der Waals surface area contributed by atoms with E-state index in [2.05, 4.69) is 20.5 Å². The van der Waals surface area contributed by atoms with Crippen LogP contribution in [0.4, 0.5) is 0 Å². The number of aromatic nitrogens is 1. The van der Waals surface area contributed by atoms with Crippen LogP contribution in [0.2, 0.25) is 0 Å². The Balaban J connectivity index is 1.57. The molecule has 0 saturated carbocycles. The fourth-order valence-corrected chi connectivity index (χ4v) is 3.66. The summed E-state index contributed by atoms with van der Waals surface area (Å²) in [5, 5.41) is 0. The second-order valence-corrected chi connectivity index (χ2v) is 7.83. The summed E-state index contributed by atoms with van der Waals surface area (Å²) in [6.07, 6.45) is 2.50. The van der Waals surface area contributed by atoms with Crippen molar-refractivity contribution in [2.75, 3.05) is 13.2 Å². The zero-order valence-corrected chi connectivity index (χ0v) is 17.3. The van der Waals surface area contributed by atoms with Crippen LogP contribution in [-0.4, -0.2) is 35.6 Å². The molecular formula is C21H24BrNO4. The normalized spacial score (nSPS) is 16.5. The first-order chi connectivity index (χ1) is 12.9. The highest BCUT2D eigenvalue weighted by atomic mass is 79.9. The number of esters is 1. The van der Waals surface area contributed by atoms with Crippen LogP contribution in [0.15, 0.2) is 34.8 Å². The van der Waals surface area contributed by atoms with Gasteiger partial charge in [0.1, 0.15) is 0 Å². The van der Waals surface area contributed by atoms with Gasteiger partial charge in [0, 0.05) is 34.6 Å². The van der Waals surface area contributed by atoms with Crippen molar-refractivity contribution in [1.82, 2.24) is 4.57 Å². The largest absolute Gasteiger partial charge is 0.457 e. The average Bonchev–Trinajstić information content (AvgIpc) is 3.25. The van der Waals surface area contributed by atoms with Gasteiger partial charge in [0.05, 0.1) is 12.5 Å². The number of hydrogen-bond donors (Lipinski definition) is 0. The first-order valence-corrected chi connectivity index (χ1v) is 9.95. The van der Waals surface area contributed by atoms with Gasteiger partial charge in [-0.25, -0.2) is 0 Å². The Morgan fingerprint density at radius 1 is 1.26 bits per heavy atom. The molecule has 2 aromatic rings. The molecule has 0 aliphatic carbocycles. The van der Waals surface area contributed by atoms with Crippen LogP contribution in [0.5, 0.6) is 0 Å². The van der Waals surface area contributed by atoms with Crippen LogP contribution < -0.4 is 0 Å². The molecule has 0 spiro atoms. The quantitative estimate of drug-likeness (QED) is 0.488. The van der Waals surface area contributed by atoms with Crippen molar-refractivity contribution in [2.24, 2.45) is 0 Å². The molecule has 1 fully saturated rings. The van der Waals surface area contributed by atoms with Gasteiger partial charge in [0.2, 0.25) is 5.78 Å². The Bertz CT molecular complexity index is 819. The first kappa shape index (κ1) is 19.8. The third-order valence-electron chi connectivity index (χ3n) is 4.91. The predicted molar refractivity (Wildman–Crippen MR) is 106 cm³/mol. The summed E-state index contributed by atoms with van der Waals surface area (Å²) in [6.45, 7) is 5.25. The molecular weight excluding hydrogens is 410 g/mol. The van der Waals surface area contributed by atoms with Crippen molar-refractivity contribution >= 4 is 27.7 Å². The number of nitrogens with zero attached hydrogens (tertiary/aromatic N) is 1. The number of ether oxygens (including phenoxy) is 2. The maximum Gasteiger partial charge on any atom is 0.310 e. The van der Waals surface area contributed by atoms with Crippen molar-refractivity contribution in [3.8, 4) is 0 Å². The molecule has 2 heterocycles. The van der Waals surface area contributed by atoms with Crippen LogP contribution in [-0.2, 0) is 27.2 Å². The molecule has 5 nitrogen and oxygen atoms in total. The lowest BCUT2D eigenvalue weighted by Crippen LogP contribution is -2.18. The average molecular weight is 434 g/mol. The number of Topliss-reactive ketones (excluding diaryl/α,β-unsaturated/α-hetero) is 1. The zero-order chi connectivity index (χ0) is 19.4. The summed E-state index contributed by atoms with van der Waals surface area (Å²) in [4.78, 5) is 24.6. The van der Waals surface area contributed by atoms with E-state index in [0.717, 1.165) is 47.4 Å². The Labute approximate surface area is 167 Å². The van der Waals surface area contributed by atoms with E-state index >= 15 is 0 Å². The molecule has 27 heavy (non-hydrogen) atoms. The molecule has 0 unspecified atom stereocenters. The van der Waals surface area contributed by atoms with E-state index in [4.69, 9.17) is 9.47 Å². The number of ketones is 1. The summed E-state index contributed by atoms with van der Waals surface area (Å²) in [5.74, 6) is -0.579. The Morgan fingerprint density at radius 2 is 2.00 bits per heavy atom. The lowest BCUT2D eigenvalue weighted by atomic mass is 10.1. The van der Waals surface area contributed by atoms with Crippen molar-refractivity contribution in [3.05, 3.63) is 57.3 Å². The van der Waals surface area contributed by atoms with Gasteiger partial charge in [-0.3, -0.25) is 9.59 Å². The number of aryl methyl sites for hydroxylation is 1. The molecule has 144 valence electrons. The van der Waals surface area contributed by atoms with Crippen LogP contribution in [0.3, 0.4) is 0 Å². The molecule has 0 amide bonds. The molecule has 1 aliphatic rings. The highest BCUT2D eigenvalue weighted by Gasteiger charge is 2.21. The monoisotopic (exact) mass is 433 g/mol. The molecule has 0 radical (unpaired) electrons. The minimum atomic E-state index is -0.404. The summed E-state index contributed by atoms with van der Waals surface area (Å²) in [6, 6.07) is 9.32. The van der Waals surface area contributed by atoms with E-state index < -0.39 is 5.97 Å². The van der Waals surface area contributed by atoms with Gasteiger partial charge in [-0.2, -0.15) is 0 Å². The van der Waals surface area contributed by atoms with Gasteiger partial charge in [-0.05, 0) is 50.5 Å². The molecule has 3 rings (SSSR count). The van der Waals surface area contributed by atoms with E-state index in [0.29, 0.717) is 5.56 Å². The van der Waals surface area contributed by atoms with E-state index in [-0.39, 0.29) is 24.9 Å². The number of rotatable bonds is 7. The van der Waals surface area contributed by atoms with Gasteiger partial charge in [-0.1, -0.05) is 28.1 Å². The van der Waals surface area contributed by atoms with Crippen LogP contribution in [0, 0.1) is 13.8 Å². The summed E-state index contributed by atoms with van der Waals surface area (Å²) in [7, 11) is 0. The number of hydrogen-bond acceptors (Lipinski definition) is 4. The SMILES string of the molecule is Cc1cc(C(=O)COC(=O)Cc2ccc(Br)cc2)c(C)n1C[C@@H]1CCCO1. The van der Waals surface area contributed by atoms with E-state index in [1.807, 2.05) is 44.2 Å². The minimum Gasteiger partial charge on any atom is -0.457 e. The van der Waals surface area contributed by atoms with Crippen LogP contribution in [0.1, 0.15) is 40.2 Å². The fraction of sp³-hybridized carbons (Fsp3) is 0.429. The van der Waals surface area contributed by atoms with Crippen molar-refractivity contribution < 1.29 is 19.1 Å². The highest BCUT2D eigenvalue weighted by Crippen LogP contribution is 2.21. The highest BCUT2D eigenvalue weighted by molar-refractivity contribution is 9.10. The van der Waals surface area contributed by atoms with Gasteiger partial charge in [-0.15, -0.1) is 0 Å². The van der Waals surface area contributed by atoms with Gasteiger partial charge in [0.25, 0.3) is 0 Å². The van der Waals surface area contributed by atoms with Crippen LogP contribution >= 0.6 is 15.9 Å². The molecule has 1 aromatic carbocycles. The fourth-order valence-electron chi connectivity index (χ4n) is 3.40. The predicted octanol–water partition coefficient (Wildman–Crippen LogP) is 4.02. The molecule has 1 atom stereocenters. The van der Waals surface area contributed by atoms with E-state index in [1.54, 1.807) is 0 Å². The first-order valence-electron chi connectivity index (χ1n) is 9.15. The maximum absolute atomic E-state index is 12.5. The third-order valence-corrected chi connectivity index (χ3v) is 5.44. The molecule has 1 aromatic heterocycles. The number of carbonyl (C=O) groups is 2. The Hall–Kier alpha value is -1.92. The van der Waals surface area contributed by atoms with Crippen molar-refractivity contribution in [1.29, 1.82) is 0 Å². The zero-order valence-electron chi connectivity index (χ0n) is 15.7. The lowest BCUT2D eigenvalue weighted by Gasteiger charge is -2.14. The summed E-state index contributed by atoms with van der Waals surface area (Å²) >= 11 is 3.36. The van der Waals surface area contributed by atoms with Crippen LogP contribution in [0.25, 0.3) is 0 Å². The molecule has 6 heteroatoms. The maximum atomic E-state index is 12.5. The smallest absolute Gasteiger partial charge is 0.310 e. The van der Waals surface area contributed by atoms with E-state index in [1.165, 1.54) is 0 Å². The Kier molecular flexibility index (Phi) is 6.50. The Morgan fingerprint density at radius 3 is 2.67 bits per heavy atom.